The highest BCUT2D eigenvalue weighted by molar-refractivity contribution is 5.56. The molecule has 24 heavy (non-hydrogen) atoms. The molecule has 4 heterocycles. The second kappa shape index (κ2) is 5.26. The molecule has 0 unspecified atom stereocenters. The molecule has 0 radical (unpaired) electrons. The van der Waals surface area contributed by atoms with Crippen molar-refractivity contribution in [2.75, 3.05) is 0 Å². The molecule has 0 atom stereocenters. The van der Waals surface area contributed by atoms with Crippen molar-refractivity contribution in [1.29, 1.82) is 0 Å². The molecule has 0 amide bonds. The van der Waals surface area contributed by atoms with E-state index in [4.69, 9.17) is 9.51 Å². The Morgan fingerprint density at radius 3 is 2.75 bits per heavy atom. The van der Waals surface area contributed by atoms with Gasteiger partial charge in [0, 0.05) is 18.9 Å². The SMILES string of the molecule is c1cc(C2(c3noc(-c4cnn5c4CCCC5)n3)CCC2)ccn1. The monoisotopic (exact) mass is 321 g/mol. The molecule has 1 fully saturated rings. The minimum atomic E-state index is -0.113. The van der Waals surface area contributed by atoms with E-state index in [1.807, 2.05) is 18.6 Å². The zero-order chi connectivity index (χ0) is 16.0. The highest BCUT2D eigenvalue weighted by atomic mass is 16.5. The summed E-state index contributed by atoms with van der Waals surface area (Å²) in [6.45, 7) is 0.983. The Bertz CT molecular complexity index is 863. The van der Waals surface area contributed by atoms with Gasteiger partial charge in [0.15, 0.2) is 5.82 Å². The fourth-order valence-electron chi connectivity index (χ4n) is 3.97. The number of fused-ring (bicyclic) bond motifs is 1. The van der Waals surface area contributed by atoms with E-state index in [0.717, 1.165) is 37.2 Å². The van der Waals surface area contributed by atoms with Gasteiger partial charge in [-0.2, -0.15) is 10.1 Å². The highest BCUT2D eigenvalue weighted by Gasteiger charge is 2.44. The van der Waals surface area contributed by atoms with Gasteiger partial charge in [0.05, 0.1) is 22.9 Å². The van der Waals surface area contributed by atoms with Gasteiger partial charge in [-0.05, 0) is 49.8 Å². The summed E-state index contributed by atoms with van der Waals surface area (Å²) in [6.07, 6.45) is 12.3. The molecule has 6 nitrogen and oxygen atoms in total. The second-order valence-corrected chi connectivity index (χ2v) is 6.78. The number of aromatic nitrogens is 5. The standard InChI is InChI=1S/C18H19N5O/c1-2-11-23-15(4-1)14(12-20-23)16-21-17(22-24-16)18(7-3-8-18)13-5-9-19-10-6-13/h5-6,9-10,12H,1-4,7-8,11H2. The molecule has 0 saturated heterocycles. The molecule has 1 aliphatic carbocycles. The molecule has 0 bridgehead atoms. The number of hydrogen-bond donors (Lipinski definition) is 0. The van der Waals surface area contributed by atoms with E-state index < -0.39 is 0 Å². The lowest BCUT2D eigenvalue weighted by molar-refractivity contribution is 0.272. The Hall–Kier alpha value is -2.50. The molecule has 3 aromatic heterocycles. The average molecular weight is 321 g/mol. The van der Waals surface area contributed by atoms with E-state index in [2.05, 4.69) is 32.1 Å². The van der Waals surface area contributed by atoms with Crippen LogP contribution in [0.3, 0.4) is 0 Å². The maximum absolute atomic E-state index is 5.65. The van der Waals surface area contributed by atoms with E-state index in [0.29, 0.717) is 5.89 Å². The third kappa shape index (κ3) is 1.95. The van der Waals surface area contributed by atoms with Crippen molar-refractivity contribution in [2.45, 2.75) is 50.5 Å². The normalized spacial score (nSPS) is 18.8. The van der Waals surface area contributed by atoms with Gasteiger partial charge in [-0.25, -0.2) is 0 Å². The Morgan fingerprint density at radius 1 is 1.08 bits per heavy atom. The lowest BCUT2D eigenvalue weighted by Crippen LogP contribution is -2.36. The zero-order valence-corrected chi connectivity index (χ0v) is 13.5. The lowest BCUT2D eigenvalue weighted by atomic mass is 9.64. The summed E-state index contributed by atoms with van der Waals surface area (Å²) in [5, 5.41) is 8.83. The molecule has 3 aromatic rings. The summed E-state index contributed by atoms with van der Waals surface area (Å²) in [5.41, 5.74) is 3.34. The summed E-state index contributed by atoms with van der Waals surface area (Å²) < 4.78 is 7.72. The van der Waals surface area contributed by atoms with Crippen molar-refractivity contribution in [3.05, 3.63) is 47.8 Å². The van der Waals surface area contributed by atoms with Gasteiger partial charge in [-0.1, -0.05) is 11.6 Å². The topological polar surface area (TPSA) is 69.6 Å². The van der Waals surface area contributed by atoms with Crippen molar-refractivity contribution in [1.82, 2.24) is 24.9 Å². The molecule has 0 aromatic carbocycles. The molecule has 122 valence electrons. The van der Waals surface area contributed by atoms with Gasteiger partial charge in [0.1, 0.15) is 0 Å². The van der Waals surface area contributed by atoms with E-state index in [9.17, 15) is 0 Å². The Labute approximate surface area is 139 Å². The van der Waals surface area contributed by atoms with Crippen LogP contribution in [0.5, 0.6) is 0 Å². The minimum absolute atomic E-state index is 0.113. The highest BCUT2D eigenvalue weighted by Crippen LogP contribution is 2.48. The number of hydrogen-bond acceptors (Lipinski definition) is 5. The maximum atomic E-state index is 5.65. The first kappa shape index (κ1) is 13.9. The quantitative estimate of drug-likeness (QED) is 0.741. The molecule has 2 aliphatic rings. The summed E-state index contributed by atoms with van der Waals surface area (Å²) in [7, 11) is 0. The van der Waals surface area contributed by atoms with Crippen molar-refractivity contribution >= 4 is 0 Å². The first-order valence-electron chi connectivity index (χ1n) is 8.67. The van der Waals surface area contributed by atoms with E-state index in [1.54, 1.807) is 0 Å². The van der Waals surface area contributed by atoms with Crippen LogP contribution in [0.2, 0.25) is 0 Å². The van der Waals surface area contributed by atoms with Crippen LogP contribution in [0.1, 0.15) is 49.2 Å². The van der Waals surface area contributed by atoms with Crippen molar-refractivity contribution in [2.24, 2.45) is 0 Å². The molecular weight excluding hydrogens is 302 g/mol. The van der Waals surface area contributed by atoms with E-state index >= 15 is 0 Å². The molecule has 1 saturated carbocycles. The number of pyridine rings is 1. The predicted molar refractivity (Wildman–Crippen MR) is 87.3 cm³/mol. The molecule has 5 rings (SSSR count). The van der Waals surface area contributed by atoms with Crippen LogP contribution in [0.25, 0.3) is 11.5 Å². The Morgan fingerprint density at radius 2 is 1.96 bits per heavy atom. The number of aryl methyl sites for hydroxylation is 1. The third-order valence-corrected chi connectivity index (χ3v) is 5.51. The zero-order valence-electron chi connectivity index (χ0n) is 13.5. The first-order chi connectivity index (χ1) is 11.9. The van der Waals surface area contributed by atoms with Crippen LogP contribution in [-0.4, -0.2) is 24.9 Å². The van der Waals surface area contributed by atoms with Crippen molar-refractivity contribution in [3.8, 4) is 11.5 Å². The number of rotatable bonds is 3. The van der Waals surface area contributed by atoms with Gasteiger partial charge in [0.25, 0.3) is 5.89 Å². The van der Waals surface area contributed by atoms with Crippen LogP contribution in [-0.2, 0) is 18.4 Å². The fraction of sp³-hybridized carbons (Fsp3) is 0.444. The minimum Gasteiger partial charge on any atom is -0.334 e. The molecular formula is C18H19N5O. The largest absolute Gasteiger partial charge is 0.334 e. The Kier molecular flexibility index (Phi) is 3.04. The van der Waals surface area contributed by atoms with E-state index in [1.165, 1.54) is 30.5 Å². The number of nitrogens with zero attached hydrogens (tertiary/aromatic N) is 5. The van der Waals surface area contributed by atoms with Gasteiger partial charge in [-0.15, -0.1) is 0 Å². The summed E-state index contributed by atoms with van der Waals surface area (Å²) in [5.74, 6) is 1.40. The molecule has 1 aliphatic heterocycles. The van der Waals surface area contributed by atoms with Crippen LogP contribution in [0.15, 0.2) is 35.2 Å². The Balaban J connectivity index is 1.55. The van der Waals surface area contributed by atoms with Crippen LogP contribution in [0.4, 0.5) is 0 Å². The third-order valence-electron chi connectivity index (χ3n) is 5.51. The maximum Gasteiger partial charge on any atom is 0.261 e. The summed E-state index contributed by atoms with van der Waals surface area (Å²) in [6, 6.07) is 4.13. The smallest absolute Gasteiger partial charge is 0.261 e. The molecule has 0 spiro atoms. The summed E-state index contributed by atoms with van der Waals surface area (Å²) >= 11 is 0. The molecule has 6 heteroatoms. The van der Waals surface area contributed by atoms with Gasteiger partial charge in [0.2, 0.25) is 0 Å². The van der Waals surface area contributed by atoms with Crippen molar-refractivity contribution < 1.29 is 4.52 Å². The second-order valence-electron chi connectivity index (χ2n) is 6.78. The first-order valence-corrected chi connectivity index (χ1v) is 8.67. The van der Waals surface area contributed by atoms with Gasteiger partial charge in [-0.3, -0.25) is 9.67 Å². The van der Waals surface area contributed by atoms with Crippen LogP contribution in [0, 0.1) is 0 Å². The van der Waals surface area contributed by atoms with E-state index in [-0.39, 0.29) is 5.41 Å². The lowest BCUT2D eigenvalue weighted by Gasteiger charge is -2.39. The van der Waals surface area contributed by atoms with Crippen LogP contribution < -0.4 is 0 Å². The average Bonchev–Trinajstić information content (AvgIpc) is 3.22. The molecule has 0 N–H and O–H groups in total. The fourth-order valence-corrected chi connectivity index (χ4v) is 3.97. The van der Waals surface area contributed by atoms with Gasteiger partial charge < -0.3 is 4.52 Å². The van der Waals surface area contributed by atoms with Crippen LogP contribution >= 0.6 is 0 Å². The van der Waals surface area contributed by atoms with Gasteiger partial charge >= 0.3 is 0 Å². The van der Waals surface area contributed by atoms with Crippen molar-refractivity contribution in [3.63, 3.8) is 0 Å². The summed E-state index contributed by atoms with van der Waals surface area (Å²) in [4.78, 5) is 8.91. The predicted octanol–water partition coefficient (Wildman–Crippen LogP) is 3.13.